The van der Waals surface area contributed by atoms with Crippen LogP contribution in [-0.4, -0.2) is 52.8 Å². The van der Waals surface area contributed by atoms with E-state index >= 15 is 0 Å². The first-order valence-electron chi connectivity index (χ1n) is 11.9. The summed E-state index contributed by atoms with van der Waals surface area (Å²) < 4.78 is 5.08. The third-order valence-corrected chi connectivity index (χ3v) is 7.16. The molecule has 2 aromatic rings. The molecular weight excluding hydrogens is 464 g/mol. The maximum absolute atomic E-state index is 12.9. The highest BCUT2D eigenvalue weighted by molar-refractivity contribution is 6.28. The summed E-state index contributed by atoms with van der Waals surface area (Å²) in [6, 6.07) is 9.79. The van der Waals surface area contributed by atoms with Crippen molar-refractivity contribution in [3.63, 3.8) is 0 Å². The molecule has 2 aromatic carbocycles. The highest BCUT2D eigenvalue weighted by Crippen LogP contribution is 2.39. The number of anilines is 1. The van der Waals surface area contributed by atoms with E-state index in [0.717, 1.165) is 17.7 Å². The molecule has 3 aliphatic rings. The Morgan fingerprint density at radius 2 is 1.44 bits per heavy atom. The number of hydrogen-bond donors (Lipinski definition) is 1. The van der Waals surface area contributed by atoms with E-state index in [1.807, 2.05) is 0 Å². The molecule has 1 heterocycles. The summed E-state index contributed by atoms with van der Waals surface area (Å²) in [6.07, 6.45) is 3.02. The number of benzene rings is 2. The van der Waals surface area contributed by atoms with Gasteiger partial charge in [0.25, 0.3) is 5.91 Å². The second kappa shape index (κ2) is 9.14. The molecule has 3 atom stereocenters. The summed E-state index contributed by atoms with van der Waals surface area (Å²) in [5, 5.41) is 2.55. The molecule has 0 spiro atoms. The topological polar surface area (TPSA) is 127 Å². The number of nitrogens with zero attached hydrogens (tertiary/aromatic N) is 1. The molecule has 3 unspecified atom stereocenters. The van der Waals surface area contributed by atoms with E-state index < -0.39 is 24.5 Å². The second-order valence-corrected chi connectivity index (χ2v) is 9.34. The minimum Gasteiger partial charge on any atom is -0.454 e. The molecule has 36 heavy (non-hydrogen) atoms. The van der Waals surface area contributed by atoms with E-state index in [9.17, 15) is 28.8 Å². The van der Waals surface area contributed by atoms with Gasteiger partial charge in [0, 0.05) is 27.9 Å². The van der Waals surface area contributed by atoms with Gasteiger partial charge in [0.2, 0.25) is 11.8 Å². The first kappa shape index (κ1) is 23.6. The van der Waals surface area contributed by atoms with Gasteiger partial charge < -0.3 is 10.1 Å². The fraction of sp³-hybridized carbons (Fsp3) is 0.333. The van der Waals surface area contributed by atoms with Crippen LogP contribution < -0.4 is 5.32 Å². The second-order valence-electron chi connectivity index (χ2n) is 9.34. The molecule has 9 heteroatoms. The molecule has 1 aliphatic heterocycles. The Morgan fingerprint density at radius 1 is 0.889 bits per heavy atom. The molecule has 5 rings (SSSR count). The summed E-state index contributed by atoms with van der Waals surface area (Å²) in [4.78, 5) is 76.9. The zero-order valence-electron chi connectivity index (χ0n) is 19.6. The highest BCUT2D eigenvalue weighted by Gasteiger charge is 2.51. The van der Waals surface area contributed by atoms with Gasteiger partial charge in [-0.15, -0.1) is 0 Å². The number of amides is 3. The third kappa shape index (κ3) is 3.90. The Bertz CT molecular complexity index is 1310. The van der Waals surface area contributed by atoms with E-state index in [-0.39, 0.29) is 52.0 Å². The molecule has 9 nitrogen and oxygen atoms in total. The highest BCUT2D eigenvalue weighted by atomic mass is 16.5. The molecule has 2 aliphatic carbocycles. The van der Waals surface area contributed by atoms with Crippen LogP contribution in [0.4, 0.5) is 5.69 Å². The summed E-state index contributed by atoms with van der Waals surface area (Å²) in [5.74, 6) is -3.58. The third-order valence-electron chi connectivity index (χ3n) is 7.16. The number of carbonyl (C=O) groups excluding carboxylic acids is 6. The van der Waals surface area contributed by atoms with Gasteiger partial charge in [-0.05, 0) is 38.0 Å². The smallest absolute Gasteiger partial charge is 0.329 e. The van der Waals surface area contributed by atoms with E-state index in [4.69, 9.17) is 4.74 Å². The molecule has 184 valence electrons. The van der Waals surface area contributed by atoms with E-state index in [1.165, 1.54) is 25.1 Å². The van der Waals surface area contributed by atoms with Gasteiger partial charge in [-0.2, -0.15) is 0 Å². The van der Waals surface area contributed by atoms with Gasteiger partial charge in [0.15, 0.2) is 18.2 Å². The number of ketones is 2. The van der Waals surface area contributed by atoms with Gasteiger partial charge in [-0.3, -0.25) is 28.9 Å². The number of hydrogen-bond acceptors (Lipinski definition) is 7. The summed E-state index contributed by atoms with van der Waals surface area (Å²) >= 11 is 0. The molecule has 0 bridgehead atoms. The number of fused-ring (bicyclic) bond motifs is 3. The number of esters is 1. The first-order valence-corrected chi connectivity index (χ1v) is 11.9. The van der Waals surface area contributed by atoms with Crippen molar-refractivity contribution in [2.45, 2.75) is 38.6 Å². The Kier molecular flexibility index (Phi) is 5.99. The average Bonchev–Trinajstić information content (AvgIpc) is 3.15. The summed E-state index contributed by atoms with van der Waals surface area (Å²) in [6.45, 7) is 0.774. The fourth-order valence-electron chi connectivity index (χ4n) is 5.31. The van der Waals surface area contributed by atoms with Crippen molar-refractivity contribution in [1.29, 1.82) is 0 Å². The van der Waals surface area contributed by atoms with Crippen LogP contribution in [0.1, 0.15) is 64.4 Å². The predicted octanol–water partition coefficient (Wildman–Crippen LogP) is 2.51. The minimum absolute atomic E-state index is 0.176. The lowest BCUT2D eigenvalue weighted by atomic mass is 9.81. The van der Waals surface area contributed by atoms with Crippen molar-refractivity contribution in [1.82, 2.24) is 4.90 Å². The lowest BCUT2D eigenvalue weighted by molar-refractivity contribution is -0.159. The van der Waals surface area contributed by atoms with E-state index in [0.29, 0.717) is 24.0 Å². The maximum Gasteiger partial charge on any atom is 0.329 e. The SMILES string of the molecule is CC(C(=O)OCC(=O)Nc1ccc2c(c1)C(=O)c1ccccc1C2=O)N1C(=O)C2CCCCC2C1=O. The van der Waals surface area contributed by atoms with Crippen LogP contribution in [0.25, 0.3) is 0 Å². The summed E-state index contributed by atoms with van der Waals surface area (Å²) in [7, 11) is 0. The molecule has 1 N–H and O–H groups in total. The van der Waals surface area contributed by atoms with Crippen molar-refractivity contribution >= 4 is 40.9 Å². The number of imide groups is 1. The fourth-order valence-corrected chi connectivity index (χ4v) is 5.31. The van der Waals surface area contributed by atoms with Gasteiger partial charge in [0.05, 0.1) is 11.8 Å². The zero-order chi connectivity index (χ0) is 25.6. The molecule has 0 aromatic heterocycles. The van der Waals surface area contributed by atoms with Gasteiger partial charge in [-0.25, -0.2) is 4.79 Å². The summed E-state index contributed by atoms with van der Waals surface area (Å²) in [5.41, 5.74) is 1.32. The van der Waals surface area contributed by atoms with Gasteiger partial charge >= 0.3 is 5.97 Å². The monoisotopic (exact) mass is 488 g/mol. The van der Waals surface area contributed by atoms with Crippen molar-refractivity contribution in [3.8, 4) is 0 Å². The number of likely N-dealkylation sites (tertiary alicyclic amines) is 1. The minimum atomic E-state index is -1.13. The molecule has 3 amide bonds. The average molecular weight is 488 g/mol. The van der Waals surface area contributed by atoms with Crippen LogP contribution in [0, 0.1) is 11.8 Å². The largest absolute Gasteiger partial charge is 0.454 e. The molecule has 1 saturated heterocycles. The molecular formula is C27H24N2O7. The van der Waals surface area contributed by atoms with Gasteiger partial charge in [-0.1, -0.05) is 37.1 Å². The number of carbonyl (C=O) groups is 6. The quantitative estimate of drug-likeness (QED) is 0.432. The Labute approximate surface area is 206 Å². The van der Waals surface area contributed by atoms with Crippen LogP contribution >= 0.6 is 0 Å². The zero-order valence-corrected chi connectivity index (χ0v) is 19.6. The van der Waals surface area contributed by atoms with Gasteiger partial charge in [0.1, 0.15) is 6.04 Å². The van der Waals surface area contributed by atoms with Crippen LogP contribution in [0.15, 0.2) is 42.5 Å². The first-order chi connectivity index (χ1) is 17.3. The lowest BCUT2D eigenvalue weighted by Crippen LogP contribution is -2.45. The number of rotatable bonds is 5. The lowest BCUT2D eigenvalue weighted by Gasteiger charge is -2.21. The normalized spacial score (nSPS) is 21.4. The van der Waals surface area contributed by atoms with Crippen molar-refractivity contribution in [2.24, 2.45) is 11.8 Å². The van der Waals surface area contributed by atoms with Crippen molar-refractivity contribution < 1.29 is 33.5 Å². The van der Waals surface area contributed by atoms with Crippen molar-refractivity contribution in [2.75, 3.05) is 11.9 Å². The Hall–Kier alpha value is -4.14. The van der Waals surface area contributed by atoms with Crippen molar-refractivity contribution in [3.05, 3.63) is 64.7 Å². The van der Waals surface area contributed by atoms with E-state index in [2.05, 4.69) is 5.32 Å². The van der Waals surface area contributed by atoms with E-state index in [1.54, 1.807) is 24.3 Å². The Balaban J connectivity index is 1.21. The molecule has 0 radical (unpaired) electrons. The molecule has 2 fully saturated rings. The van der Waals surface area contributed by atoms with Crippen LogP contribution in [0.2, 0.25) is 0 Å². The number of nitrogens with one attached hydrogen (secondary N) is 1. The van der Waals surface area contributed by atoms with Crippen LogP contribution in [-0.2, 0) is 23.9 Å². The standard InChI is InChI=1S/C27H24N2O7/c1-14(29-25(33)19-8-4-5-9-20(19)26(29)34)27(35)36-13-22(30)28-15-10-11-18-21(12-15)24(32)17-7-3-2-6-16(17)23(18)31/h2-3,6-7,10-12,14,19-20H,4-5,8-9,13H2,1H3,(H,28,30). The Morgan fingerprint density at radius 3 is 2.06 bits per heavy atom. The molecule has 1 saturated carbocycles. The van der Waals surface area contributed by atoms with Crippen LogP contribution in [0.5, 0.6) is 0 Å². The number of ether oxygens (including phenoxy) is 1. The predicted molar refractivity (Wildman–Crippen MR) is 126 cm³/mol. The van der Waals surface area contributed by atoms with Crippen LogP contribution in [0.3, 0.4) is 0 Å². The maximum atomic E-state index is 12.9.